The molecule has 0 N–H and O–H groups in total. The lowest BCUT2D eigenvalue weighted by Gasteiger charge is -2.16. The molecule has 0 amide bonds. The van der Waals surface area contributed by atoms with Crippen LogP contribution in [0.25, 0.3) is 0 Å². The topological polar surface area (TPSA) is 0 Å². The summed E-state index contributed by atoms with van der Waals surface area (Å²) in [5, 5.41) is 0. The van der Waals surface area contributed by atoms with Crippen LogP contribution in [0.2, 0.25) is 0 Å². The molecule has 0 aromatic rings. The minimum Gasteiger partial charge on any atom is -0.107 e. The maximum atomic E-state index is 3.79. The van der Waals surface area contributed by atoms with Crippen LogP contribution in [0.15, 0.2) is 38.0 Å². The Bertz CT molecular complexity index is 151. The third-order valence-electron chi connectivity index (χ3n) is 2.65. The molecule has 0 aromatic carbocycles. The molecule has 0 aliphatic rings. The van der Waals surface area contributed by atoms with E-state index in [9.17, 15) is 0 Å². The van der Waals surface area contributed by atoms with Gasteiger partial charge in [-0.3, -0.25) is 0 Å². The van der Waals surface area contributed by atoms with Crippen molar-refractivity contribution in [3.05, 3.63) is 38.0 Å². The van der Waals surface area contributed by atoms with E-state index < -0.39 is 0 Å². The third-order valence-corrected chi connectivity index (χ3v) is 5.49. The van der Waals surface area contributed by atoms with E-state index in [0.29, 0.717) is 0 Å². The van der Waals surface area contributed by atoms with Crippen molar-refractivity contribution >= 4 is 7.92 Å². The van der Waals surface area contributed by atoms with Gasteiger partial charge in [0.2, 0.25) is 0 Å². The Labute approximate surface area is 103 Å². The van der Waals surface area contributed by atoms with Crippen LogP contribution in [0.1, 0.15) is 38.5 Å². The second-order valence-corrected chi connectivity index (χ2v) is 6.82. The molecule has 16 heavy (non-hydrogen) atoms. The Kier molecular flexibility index (Phi) is 12.4. The van der Waals surface area contributed by atoms with Crippen molar-refractivity contribution < 1.29 is 0 Å². The zero-order chi connectivity index (χ0) is 12.1. The Hall–Kier alpha value is -0.350. The molecule has 0 aromatic heterocycles. The van der Waals surface area contributed by atoms with Gasteiger partial charge in [0, 0.05) is 0 Å². The average molecular weight is 238 g/mol. The molecule has 0 rings (SSSR count). The number of allylic oxidation sites excluding steroid dienone is 3. The van der Waals surface area contributed by atoms with Crippen molar-refractivity contribution in [3.63, 3.8) is 0 Å². The smallest absolute Gasteiger partial charge is 0.0323 e. The molecule has 0 spiro atoms. The first-order valence-corrected chi connectivity index (χ1v) is 8.30. The first-order valence-electron chi connectivity index (χ1n) is 6.40. The van der Waals surface area contributed by atoms with Gasteiger partial charge < -0.3 is 0 Å². The van der Waals surface area contributed by atoms with E-state index in [1.54, 1.807) is 0 Å². The number of hydrogen-bond acceptors (Lipinski definition) is 0. The first-order chi connectivity index (χ1) is 7.85. The molecule has 0 fully saturated rings. The van der Waals surface area contributed by atoms with Gasteiger partial charge >= 0.3 is 0 Å². The summed E-state index contributed by atoms with van der Waals surface area (Å²) in [7, 11) is 0.261. The van der Waals surface area contributed by atoms with Gasteiger partial charge in [-0.15, -0.1) is 27.7 Å². The monoisotopic (exact) mass is 238 g/mol. The van der Waals surface area contributed by atoms with E-state index in [4.69, 9.17) is 0 Å². The molecule has 0 aliphatic heterocycles. The molecule has 0 bridgehead atoms. The number of unbranched alkanes of at least 4 members (excludes halogenated alkanes) is 3. The summed E-state index contributed by atoms with van der Waals surface area (Å²) >= 11 is 0. The van der Waals surface area contributed by atoms with E-state index >= 15 is 0 Å². The van der Waals surface area contributed by atoms with Crippen LogP contribution in [-0.2, 0) is 0 Å². The Balaban J connectivity index is 3.69. The zero-order valence-electron chi connectivity index (χ0n) is 10.7. The standard InChI is InChI=1S/C15H27P/c1-4-7-10-13-16(14-11-8-5-2)15-12-9-6-3/h4-6H,1-3,7-15H2. The number of hydrogen-bond donors (Lipinski definition) is 0. The van der Waals surface area contributed by atoms with Crippen LogP contribution in [0.4, 0.5) is 0 Å². The molecule has 0 nitrogen and oxygen atoms in total. The minimum atomic E-state index is 0.261. The Morgan fingerprint density at radius 1 is 0.625 bits per heavy atom. The van der Waals surface area contributed by atoms with Crippen molar-refractivity contribution in [2.45, 2.75) is 38.5 Å². The molecule has 92 valence electrons. The fourth-order valence-corrected chi connectivity index (χ4v) is 4.27. The summed E-state index contributed by atoms with van der Waals surface area (Å²) in [5.41, 5.74) is 0. The van der Waals surface area contributed by atoms with Crippen LogP contribution in [0.5, 0.6) is 0 Å². The molecule has 0 heterocycles. The van der Waals surface area contributed by atoms with Crippen LogP contribution in [-0.4, -0.2) is 18.5 Å². The average Bonchev–Trinajstić information content (AvgIpc) is 2.29. The highest BCUT2D eigenvalue weighted by atomic mass is 31.1. The van der Waals surface area contributed by atoms with Crippen LogP contribution < -0.4 is 0 Å². The molecule has 0 saturated heterocycles. The molecule has 0 aliphatic carbocycles. The highest BCUT2D eigenvalue weighted by Gasteiger charge is 2.06. The van der Waals surface area contributed by atoms with Gasteiger partial charge in [-0.05, 0) is 57.0 Å². The van der Waals surface area contributed by atoms with E-state index in [1.807, 2.05) is 18.2 Å². The molecular formula is C15H27P. The lowest BCUT2D eigenvalue weighted by atomic mass is 10.3. The maximum Gasteiger partial charge on any atom is -0.0323 e. The summed E-state index contributed by atoms with van der Waals surface area (Å²) < 4.78 is 0. The predicted octanol–water partition coefficient (Wildman–Crippen LogP) is 5.37. The number of rotatable bonds is 12. The van der Waals surface area contributed by atoms with E-state index in [0.717, 1.165) is 0 Å². The summed E-state index contributed by atoms with van der Waals surface area (Å²) in [6, 6.07) is 0. The fourth-order valence-electron chi connectivity index (χ4n) is 1.71. The second kappa shape index (κ2) is 12.7. The lowest BCUT2D eigenvalue weighted by molar-refractivity contribution is 0.911. The quantitative estimate of drug-likeness (QED) is 0.244. The van der Waals surface area contributed by atoms with Crippen molar-refractivity contribution in [1.29, 1.82) is 0 Å². The van der Waals surface area contributed by atoms with E-state index in [-0.39, 0.29) is 7.92 Å². The van der Waals surface area contributed by atoms with Gasteiger partial charge in [0.15, 0.2) is 0 Å². The molecular weight excluding hydrogens is 211 g/mol. The van der Waals surface area contributed by atoms with Crippen molar-refractivity contribution in [3.8, 4) is 0 Å². The predicted molar refractivity (Wildman–Crippen MR) is 79.8 cm³/mol. The third kappa shape index (κ3) is 10.2. The lowest BCUT2D eigenvalue weighted by Crippen LogP contribution is -1.95. The van der Waals surface area contributed by atoms with E-state index in [2.05, 4.69) is 19.7 Å². The highest BCUT2D eigenvalue weighted by molar-refractivity contribution is 7.57. The van der Waals surface area contributed by atoms with Gasteiger partial charge in [0.05, 0.1) is 0 Å². The highest BCUT2D eigenvalue weighted by Crippen LogP contribution is 2.38. The van der Waals surface area contributed by atoms with Crippen LogP contribution in [0.3, 0.4) is 0 Å². The molecule has 0 atom stereocenters. The van der Waals surface area contributed by atoms with Crippen molar-refractivity contribution in [2.75, 3.05) is 18.5 Å². The minimum absolute atomic E-state index is 0.261. The first kappa shape index (κ1) is 15.7. The van der Waals surface area contributed by atoms with Gasteiger partial charge in [0.1, 0.15) is 0 Å². The molecule has 0 unspecified atom stereocenters. The van der Waals surface area contributed by atoms with Gasteiger partial charge in [-0.1, -0.05) is 18.2 Å². The zero-order valence-corrected chi connectivity index (χ0v) is 11.6. The molecule has 0 saturated carbocycles. The summed E-state index contributed by atoms with van der Waals surface area (Å²) in [4.78, 5) is 0. The summed E-state index contributed by atoms with van der Waals surface area (Å²) in [5.74, 6) is 0. The normalized spacial score (nSPS) is 10.3. The summed E-state index contributed by atoms with van der Waals surface area (Å²) in [6.07, 6.45) is 17.9. The SMILES string of the molecule is C=CCCCP(CCCC=C)CCCC=C. The van der Waals surface area contributed by atoms with Gasteiger partial charge in [-0.25, -0.2) is 0 Å². The fraction of sp³-hybridized carbons (Fsp3) is 0.600. The molecule has 1 heteroatoms. The largest absolute Gasteiger partial charge is 0.107 e. The van der Waals surface area contributed by atoms with Gasteiger partial charge in [0.25, 0.3) is 0 Å². The molecule has 0 radical (unpaired) electrons. The van der Waals surface area contributed by atoms with E-state index in [1.165, 1.54) is 57.0 Å². The Morgan fingerprint density at radius 2 is 0.938 bits per heavy atom. The van der Waals surface area contributed by atoms with Crippen molar-refractivity contribution in [2.24, 2.45) is 0 Å². The van der Waals surface area contributed by atoms with Crippen molar-refractivity contribution in [1.82, 2.24) is 0 Å². The Morgan fingerprint density at radius 3 is 1.19 bits per heavy atom. The van der Waals surface area contributed by atoms with Gasteiger partial charge in [-0.2, -0.15) is 0 Å². The second-order valence-electron chi connectivity index (χ2n) is 4.13. The van der Waals surface area contributed by atoms with Crippen LogP contribution in [0, 0.1) is 0 Å². The van der Waals surface area contributed by atoms with Crippen LogP contribution >= 0.6 is 7.92 Å². The maximum absolute atomic E-state index is 3.79. The summed E-state index contributed by atoms with van der Waals surface area (Å²) in [6.45, 7) is 11.4.